The van der Waals surface area contributed by atoms with Gasteiger partial charge in [-0.05, 0) is 24.3 Å². The van der Waals surface area contributed by atoms with Crippen molar-refractivity contribution in [2.75, 3.05) is 56.2 Å². The zero-order chi connectivity index (χ0) is 21.6. The topological polar surface area (TPSA) is 104 Å². The zero-order valence-electron chi connectivity index (χ0n) is 17.2. The van der Waals surface area contributed by atoms with Crippen LogP contribution in [-0.4, -0.2) is 72.8 Å². The molecule has 31 heavy (non-hydrogen) atoms. The summed E-state index contributed by atoms with van der Waals surface area (Å²) in [4.78, 5) is 32.9. The number of fused-ring (bicyclic) bond motifs is 1. The highest BCUT2D eigenvalue weighted by Crippen LogP contribution is 2.32. The quantitative estimate of drug-likeness (QED) is 0.690. The van der Waals surface area contributed by atoms with Gasteiger partial charge in [0.15, 0.2) is 11.5 Å². The van der Waals surface area contributed by atoms with E-state index in [1.807, 2.05) is 18.2 Å². The molecule has 9 heteroatoms. The molecular formula is C22H26N4O5. The first-order valence-corrected chi connectivity index (χ1v) is 10.4. The Labute approximate surface area is 180 Å². The maximum absolute atomic E-state index is 12.5. The molecule has 0 radical (unpaired) electrons. The fraction of sp³-hybridized carbons (Fsp3) is 0.409. The van der Waals surface area contributed by atoms with E-state index in [2.05, 4.69) is 20.1 Å². The van der Waals surface area contributed by atoms with Crippen molar-refractivity contribution in [2.45, 2.75) is 6.42 Å². The standard InChI is InChI=1S/C22H26N4O5/c27-21(24-17-4-5-18-19(14-17)31-12-11-30-18)13-16(22(28)29)15-25-7-9-26(10-8-25)20-3-1-2-6-23-20/h1-6,14,16H,7-13,15H2,(H,24,27)(H,28,29)/t16-/m0/s1. The number of piperazine rings is 1. The minimum absolute atomic E-state index is 0.0930. The molecule has 0 spiro atoms. The third-order valence-electron chi connectivity index (χ3n) is 5.43. The van der Waals surface area contributed by atoms with Crippen molar-refractivity contribution >= 4 is 23.4 Å². The van der Waals surface area contributed by atoms with Crippen molar-refractivity contribution in [3.05, 3.63) is 42.6 Å². The highest BCUT2D eigenvalue weighted by molar-refractivity contribution is 5.93. The number of benzene rings is 1. The second-order valence-electron chi connectivity index (χ2n) is 7.62. The number of nitrogens with one attached hydrogen (secondary N) is 1. The van der Waals surface area contributed by atoms with E-state index in [4.69, 9.17) is 9.47 Å². The number of carbonyl (C=O) groups excluding carboxylic acids is 1. The Hall–Kier alpha value is -3.33. The van der Waals surface area contributed by atoms with Crippen LogP contribution in [0.3, 0.4) is 0 Å². The lowest BCUT2D eigenvalue weighted by molar-refractivity contribution is -0.144. The molecule has 0 unspecified atom stereocenters. The van der Waals surface area contributed by atoms with Crippen LogP contribution >= 0.6 is 0 Å². The van der Waals surface area contributed by atoms with Gasteiger partial charge in [-0.25, -0.2) is 4.98 Å². The van der Waals surface area contributed by atoms with Gasteiger partial charge in [-0.1, -0.05) is 6.07 Å². The molecule has 0 bridgehead atoms. The highest BCUT2D eigenvalue weighted by Gasteiger charge is 2.27. The molecule has 0 aliphatic carbocycles. The Morgan fingerprint density at radius 3 is 2.55 bits per heavy atom. The number of carbonyl (C=O) groups is 2. The van der Waals surface area contributed by atoms with Crippen molar-refractivity contribution in [2.24, 2.45) is 5.92 Å². The number of rotatable bonds is 7. The first-order valence-electron chi connectivity index (χ1n) is 10.4. The molecule has 2 N–H and O–H groups in total. The van der Waals surface area contributed by atoms with Gasteiger partial charge in [0.1, 0.15) is 19.0 Å². The van der Waals surface area contributed by atoms with Gasteiger partial charge in [-0.3, -0.25) is 14.5 Å². The van der Waals surface area contributed by atoms with Gasteiger partial charge in [0, 0.05) is 57.1 Å². The van der Waals surface area contributed by atoms with Gasteiger partial charge in [-0.2, -0.15) is 0 Å². The lowest BCUT2D eigenvalue weighted by atomic mass is 10.0. The first-order chi connectivity index (χ1) is 15.1. The van der Waals surface area contributed by atoms with Crippen LogP contribution in [0.15, 0.2) is 42.6 Å². The molecule has 1 fully saturated rings. The Morgan fingerprint density at radius 1 is 1.06 bits per heavy atom. The molecule has 0 saturated carbocycles. The van der Waals surface area contributed by atoms with Crippen LogP contribution in [0, 0.1) is 5.92 Å². The average molecular weight is 426 g/mol. The fourth-order valence-electron chi connectivity index (χ4n) is 3.80. The van der Waals surface area contributed by atoms with Crippen LogP contribution in [-0.2, 0) is 9.59 Å². The summed E-state index contributed by atoms with van der Waals surface area (Å²) in [5, 5.41) is 12.4. The SMILES string of the molecule is O=C(C[C@@H](CN1CCN(c2ccccn2)CC1)C(=O)O)Nc1ccc2c(c1)OCCO2. The number of ether oxygens (including phenoxy) is 2. The van der Waals surface area contributed by atoms with Crippen molar-refractivity contribution in [1.29, 1.82) is 0 Å². The minimum atomic E-state index is -0.968. The third kappa shape index (κ3) is 5.43. The number of hydrogen-bond donors (Lipinski definition) is 2. The normalized spacial score (nSPS) is 17.1. The van der Waals surface area contributed by atoms with Crippen LogP contribution in [0.5, 0.6) is 11.5 Å². The van der Waals surface area contributed by atoms with Crippen LogP contribution in [0.4, 0.5) is 11.5 Å². The number of pyridine rings is 1. The Morgan fingerprint density at radius 2 is 1.84 bits per heavy atom. The summed E-state index contributed by atoms with van der Waals surface area (Å²) in [5.74, 6) is 0.0529. The summed E-state index contributed by atoms with van der Waals surface area (Å²) < 4.78 is 11.0. The van der Waals surface area contributed by atoms with E-state index >= 15 is 0 Å². The van der Waals surface area contributed by atoms with E-state index in [0.717, 1.165) is 32.0 Å². The molecule has 4 rings (SSSR count). The number of carboxylic acids is 1. The second-order valence-corrected chi connectivity index (χ2v) is 7.62. The van der Waals surface area contributed by atoms with Crippen LogP contribution in [0.25, 0.3) is 0 Å². The molecule has 2 aliphatic heterocycles. The predicted octanol–water partition coefficient (Wildman–Crippen LogP) is 1.70. The smallest absolute Gasteiger partial charge is 0.308 e. The number of carboxylic acid groups (broad SMARTS) is 1. The maximum Gasteiger partial charge on any atom is 0.308 e. The monoisotopic (exact) mass is 426 g/mol. The van der Waals surface area contributed by atoms with E-state index < -0.39 is 11.9 Å². The largest absolute Gasteiger partial charge is 0.486 e. The van der Waals surface area contributed by atoms with Crippen molar-refractivity contribution in [3.63, 3.8) is 0 Å². The number of nitrogens with zero attached hydrogens (tertiary/aromatic N) is 3. The molecule has 1 aromatic carbocycles. The average Bonchev–Trinajstić information content (AvgIpc) is 2.79. The molecule has 164 valence electrons. The van der Waals surface area contributed by atoms with Gasteiger partial charge in [0.25, 0.3) is 0 Å². The van der Waals surface area contributed by atoms with Crippen molar-refractivity contribution in [1.82, 2.24) is 9.88 Å². The Kier molecular flexibility index (Phi) is 6.51. The molecule has 9 nitrogen and oxygen atoms in total. The first kappa shape index (κ1) is 20.9. The number of amides is 1. The van der Waals surface area contributed by atoms with Crippen molar-refractivity contribution in [3.8, 4) is 11.5 Å². The molecule has 1 amide bonds. The van der Waals surface area contributed by atoms with Crippen LogP contribution in [0.1, 0.15) is 6.42 Å². The lowest BCUT2D eigenvalue weighted by Crippen LogP contribution is -2.49. The molecule has 3 heterocycles. The highest BCUT2D eigenvalue weighted by atomic mass is 16.6. The fourth-order valence-corrected chi connectivity index (χ4v) is 3.80. The van der Waals surface area contributed by atoms with Gasteiger partial charge >= 0.3 is 5.97 Å². The van der Waals surface area contributed by atoms with Gasteiger partial charge < -0.3 is 24.8 Å². The predicted molar refractivity (Wildman–Crippen MR) is 115 cm³/mol. The van der Waals surface area contributed by atoms with E-state index in [9.17, 15) is 14.7 Å². The summed E-state index contributed by atoms with van der Waals surface area (Å²) in [5.41, 5.74) is 0.558. The minimum Gasteiger partial charge on any atom is -0.486 e. The molecule has 1 aromatic heterocycles. The Bertz CT molecular complexity index is 915. The Balaban J connectivity index is 1.29. The number of aromatic nitrogens is 1. The molecule has 1 atom stereocenters. The lowest BCUT2D eigenvalue weighted by Gasteiger charge is -2.36. The molecule has 1 saturated heterocycles. The van der Waals surface area contributed by atoms with Crippen LogP contribution in [0.2, 0.25) is 0 Å². The van der Waals surface area contributed by atoms with E-state index in [1.165, 1.54) is 0 Å². The van der Waals surface area contributed by atoms with Crippen LogP contribution < -0.4 is 19.7 Å². The second kappa shape index (κ2) is 9.65. The van der Waals surface area contributed by atoms with Gasteiger partial charge in [0.05, 0.1) is 5.92 Å². The summed E-state index contributed by atoms with van der Waals surface area (Å²) in [7, 11) is 0. The van der Waals surface area contributed by atoms with Gasteiger partial charge in [0.2, 0.25) is 5.91 Å². The zero-order valence-corrected chi connectivity index (χ0v) is 17.2. The molecule has 2 aliphatic rings. The maximum atomic E-state index is 12.5. The van der Waals surface area contributed by atoms with Crippen molar-refractivity contribution < 1.29 is 24.2 Å². The van der Waals surface area contributed by atoms with E-state index in [0.29, 0.717) is 36.9 Å². The number of anilines is 2. The van der Waals surface area contributed by atoms with E-state index in [-0.39, 0.29) is 12.3 Å². The summed E-state index contributed by atoms with van der Waals surface area (Å²) >= 11 is 0. The third-order valence-corrected chi connectivity index (χ3v) is 5.43. The number of hydrogen-bond acceptors (Lipinski definition) is 7. The molecule has 2 aromatic rings. The summed E-state index contributed by atoms with van der Waals surface area (Å²) in [6.45, 7) is 4.28. The molecular weight excluding hydrogens is 400 g/mol. The summed E-state index contributed by atoms with van der Waals surface area (Å²) in [6, 6.07) is 11.0. The van der Waals surface area contributed by atoms with Gasteiger partial charge in [-0.15, -0.1) is 0 Å². The van der Waals surface area contributed by atoms with E-state index in [1.54, 1.807) is 24.4 Å². The summed E-state index contributed by atoms with van der Waals surface area (Å²) in [6.07, 6.45) is 1.67. The number of aliphatic carboxylic acids is 1.